The van der Waals surface area contributed by atoms with Gasteiger partial charge in [-0.05, 0) is 42.3 Å². The van der Waals surface area contributed by atoms with E-state index in [0.717, 1.165) is 30.0 Å². The highest BCUT2D eigenvalue weighted by Crippen LogP contribution is 2.23. The number of anilines is 1. The molecule has 0 saturated heterocycles. The second-order valence-electron chi connectivity index (χ2n) is 4.41. The Morgan fingerprint density at radius 2 is 1.90 bits per heavy atom. The molecule has 112 valence electrons. The summed E-state index contributed by atoms with van der Waals surface area (Å²) < 4.78 is 10.2. The summed E-state index contributed by atoms with van der Waals surface area (Å²) >= 11 is 5.99. The van der Waals surface area contributed by atoms with Crippen molar-refractivity contribution in [2.45, 2.75) is 6.42 Å². The van der Waals surface area contributed by atoms with Gasteiger partial charge in [0.2, 0.25) is 5.28 Å². The number of ether oxygens (including phenoxy) is 2. The molecule has 0 atom stereocenters. The molecule has 5 nitrogen and oxygen atoms in total. The Morgan fingerprint density at radius 1 is 1.14 bits per heavy atom. The molecule has 1 N–H and O–H groups in total. The highest BCUT2D eigenvalue weighted by molar-refractivity contribution is 6.28. The molecule has 0 bridgehead atoms. The predicted molar refractivity (Wildman–Crippen MR) is 84.0 cm³/mol. The lowest BCUT2D eigenvalue weighted by atomic mass is 10.1. The zero-order chi connectivity index (χ0) is 15.1. The van der Waals surface area contributed by atoms with E-state index in [9.17, 15) is 0 Å². The topological polar surface area (TPSA) is 56.3 Å². The fraction of sp³-hybridized carbons (Fsp3) is 0.333. The van der Waals surface area contributed by atoms with E-state index in [0.29, 0.717) is 12.4 Å². The second kappa shape index (κ2) is 7.81. The lowest BCUT2D eigenvalue weighted by Gasteiger charge is -2.08. The summed E-state index contributed by atoms with van der Waals surface area (Å²) in [6.07, 6.45) is 0.899. The van der Waals surface area contributed by atoms with Crippen LogP contribution < -0.4 is 10.1 Å². The number of aromatic nitrogens is 2. The van der Waals surface area contributed by atoms with Gasteiger partial charge in [-0.2, -0.15) is 0 Å². The van der Waals surface area contributed by atoms with Gasteiger partial charge in [0.25, 0.3) is 0 Å². The Morgan fingerprint density at radius 3 is 2.57 bits per heavy atom. The molecule has 0 aliphatic carbocycles. The van der Waals surface area contributed by atoms with Crippen LogP contribution in [0, 0.1) is 0 Å². The number of methoxy groups -OCH3 is 2. The molecule has 0 radical (unpaired) electrons. The molecular formula is C15H18ClN3O2. The van der Waals surface area contributed by atoms with Crippen LogP contribution in [0.2, 0.25) is 5.28 Å². The first-order valence-electron chi connectivity index (χ1n) is 6.64. The van der Waals surface area contributed by atoms with Crippen molar-refractivity contribution in [3.8, 4) is 17.0 Å². The van der Waals surface area contributed by atoms with E-state index in [1.807, 2.05) is 30.3 Å². The minimum absolute atomic E-state index is 0.220. The van der Waals surface area contributed by atoms with Crippen LogP contribution in [0.1, 0.15) is 6.42 Å². The van der Waals surface area contributed by atoms with Crippen LogP contribution in [-0.4, -0.2) is 37.3 Å². The quantitative estimate of drug-likeness (QED) is 0.628. The van der Waals surface area contributed by atoms with E-state index in [2.05, 4.69) is 15.3 Å². The van der Waals surface area contributed by atoms with Crippen molar-refractivity contribution in [1.29, 1.82) is 0 Å². The molecular weight excluding hydrogens is 290 g/mol. The minimum Gasteiger partial charge on any atom is -0.497 e. The van der Waals surface area contributed by atoms with Crippen molar-refractivity contribution in [3.63, 3.8) is 0 Å². The van der Waals surface area contributed by atoms with Gasteiger partial charge in [0.05, 0.1) is 12.8 Å². The standard InChI is InChI=1S/C15H18ClN3O2/c1-20-9-3-8-17-14-10-13(18-15(16)19-14)11-4-6-12(21-2)7-5-11/h4-7,10H,3,8-9H2,1-2H3,(H,17,18,19). The van der Waals surface area contributed by atoms with Gasteiger partial charge in [-0.3, -0.25) is 0 Å². The SMILES string of the molecule is COCCCNc1cc(-c2ccc(OC)cc2)nc(Cl)n1. The van der Waals surface area contributed by atoms with Gasteiger partial charge < -0.3 is 14.8 Å². The maximum absolute atomic E-state index is 5.99. The van der Waals surface area contributed by atoms with E-state index in [1.54, 1.807) is 14.2 Å². The fourth-order valence-electron chi connectivity index (χ4n) is 1.85. The second-order valence-corrected chi connectivity index (χ2v) is 4.75. The van der Waals surface area contributed by atoms with Gasteiger partial charge >= 0.3 is 0 Å². The zero-order valence-corrected chi connectivity index (χ0v) is 12.9. The normalized spacial score (nSPS) is 10.4. The number of halogens is 1. The number of hydrogen-bond acceptors (Lipinski definition) is 5. The summed E-state index contributed by atoms with van der Waals surface area (Å²) in [5.41, 5.74) is 1.73. The molecule has 0 aliphatic heterocycles. The summed E-state index contributed by atoms with van der Waals surface area (Å²) in [7, 11) is 3.32. The Balaban J connectivity index is 2.13. The summed E-state index contributed by atoms with van der Waals surface area (Å²) in [6, 6.07) is 9.52. The molecule has 1 aromatic carbocycles. The first-order chi connectivity index (χ1) is 10.2. The number of nitrogens with one attached hydrogen (secondary N) is 1. The molecule has 1 heterocycles. The first-order valence-corrected chi connectivity index (χ1v) is 7.02. The Bertz CT molecular complexity index is 576. The van der Waals surface area contributed by atoms with Crippen molar-refractivity contribution in [1.82, 2.24) is 9.97 Å². The largest absolute Gasteiger partial charge is 0.497 e. The van der Waals surface area contributed by atoms with Crippen molar-refractivity contribution < 1.29 is 9.47 Å². The van der Waals surface area contributed by atoms with Gasteiger partial charge in [-0.15, -0.1) is 0 Å². The molecule has 0 aliphatic rings. The monoisotopic (exact) mass is 307 g/mol. The van der Waals surface area contributed by atoms with Gasteiger partial charge in [-0.25, -0.2) is 9.97 Å². The Kier molecular flexibility index (Phi) is 5.78. The van der Waals surface area contributed by atoms with Crippen LogP contribution in [0.15, 0.2) is 30.3 Å². The number of nitrogens with zero attached hydrogens (tertiary/aromatic N) is 2. The molecule has 21 heavy (non-hydrogen) atoms. The third kappa shape index (κ3) is 4.58. The maximum atomic E-state index is 5.99. The van der Waals surface area contributed by atoms with Crippen LogP contribution in [-0.2, 0) is 4.74 Å². The van der Waals surface area contributed by atoms with E-state index in [4.69, 9.17) is 21.1 Å². The highest BCUT2D eigenvalue weighted by Gasteiger charge is 2.05. The summed E-state index contributed by atoms with van der Waals surface area (Å²) in [5, 5.41) is 3.43. The van der Waals surface area contributed by atoms with Crippen LogP contribution >= 0.6 is 11.6 Å². The Labute approximate surface area is 129 Å². The molecule has 1 aromatic heterocycles. The van der Waals surface area contributed by atoms with Gasteiger partial charge in [-0.1, -0.05) is 0 Å². The van der Waals surface area contributed by atoms with Crippen molar-refractivity contribution in [3.05, 3.63) is 35.6 Å². The third-order valence-electron chi connectivity index (χ3n) is 2.92. The van der Waals surface area contributed by atoms with Crippen molar-refractivity contribution >= 4 is 17.4 Å². The van der Waals surface area contributed by atoms with Crippen molar-refractivity contribution in [2.75, 3.05) is 32.7 Å². The number of benzene rings is 1. The van der Waals surface area contributed by atoms with Crippen LogP contribution in [0.25, 0.3) is 11.3 Å². The van der Waals surface area contributed by atoms with Crippen molar-refractivity contribution in [2.24, 2.45) is 0 Å². The lowest BCUT2D eigenvalue weighted by molar-refractivity contribution is 0.198. The van der Waals surface area contributed by atoms with Gasteiger partial charge in [0.15, 0.2) is 0 Å². The fourth-order valence-corrected chi connectivity index (χ4v) is 2.03. The van der Waals surface area contributed by atoms with Crippen LogP contribution in [0.4, 0.5) is 5.82 Å². The average molecular weight is 308 g/mol. The summed E-state index contributed by atoms with van der Waals surface area (Å²) in [6.45, 7) is 1.47. The third-order valence-corrected chi connectivity index (χ3v) is 3.09. The lowest BCUT2D eigenvalue weighted by Crippen LogP contribution is -2.06. The summed E-state index contributed by atoms with van der Waals surface area (Å²) in [5.74, 6) is 1.51. The van der Waals surface area contributed by atoms with E-state index in [-0.39, 0.29) is 5.28 Å². The average Bonchev–Trinajstić information content (AvgIpc) is 2.51. The molecule has 6 heteroatoms. The van der Waals surface area contributed by atoms with E-state index < -0.39 is 0 Å². The van der Waals surface area contributed by atoms with Crippen LogP contribution in [0.5, 0.6) is 5.75 Å². The van der Waals surface area contributed by atoms with Gasteiger partial charge in [0, 0.05) is 31.9 Å². The van der Waals surface area contributed by atoms with Crippen LogP contribution in [0.3, 0.4) is 0 Å². The predicted octanol–water partition coefficient (Wildman–Crippen LogP) is 3.25. The first kappa shape index (κ1) is 15.5. The van der Waals surface area contributed by atoms with Gasteiger partial charge in [0.1, 0.15) is 11.6 Å². The molecule has 0 fully saturated rings. The van der Waals surface area contributed by atoms with E-state index >= 15 is 0 Å². The molecule has 0 unspecified atom stereocenters. The number of hydrogen-bond donors (Lipinski definition) is 1. The smallest absolute Gasteiger partial charge is 0.224 e. The molecule has 0 spiro atoms. The minimum atomic E-state index is 0.220. The molecule has 0 amide bonds. The molecule has 0 saturated carbocycles. The maximum Gasteiger partial charge on any atom is 0.224 e. The molecule has 2 aromatic rings. The molecule has 2 rings (SSSR count). The van der Waals surface area contributed by atoms with E-state index in [1.165, 1.54) is 0 Å². The Hall–Kier alpha value is -1.85. The zero-order valence-electron chi connectivity index (χ0n) is 12.1. The summed E-state index contributed by atoms with van der Waals surface area (Å²) in [4.78, 5) is 8.42. The number of rotatable bonds is 7. The highest BCUT2D eigenvalue weighted by atomic mass is 35.5.